The van der Waals surface area contributed by atoms with Gasteiger partial charge in [0.25, 0.3) is 0 Å². The van der Waals surface area contributed by atoms with E-state index in [9.17, 15) is 0 Å². The molecule has 0 amide bonds. The summed E-state index contributed by atoms with van der Waals surface area (Å²) >= 11 is 0. The van der Waals surface area contributed by atoms with Gasteiger partial charge in [0.2, 0.25) is 0 Å². The van der Waals surface area contributed by atoms with E-state index in [-0.39, 0.29) is 0 Å². The number of rotatable bonds is 7. The molecule has 4 aromatic carbocycles. The van der Waals surface area contributed by atoms with Crippen LogP contribution in [0.5, 0.6) is 0 Å². The highest BCUT2D eigenvalue weighted by Crippen LogP contribution is 2.42. The zero-order chi connectivity index (χ0) is 50.4. The zero-order valence-electron chi connectivity index (χ0n) is 43.4. The molecule has 6 heteroatoms. The van der Waals surface area contributed by atoms with Gasteiger partial charge in [-0.15, -0.1) is 17.5 Å². The lowest BCUT2D eigenvalue weighted by molar-refractivity contribution is 0.838. The van der Waals surface area contributed by atoms with E-state index >= 15 is 0 Å². The summed E-state index contributed by atoms with van der Waals surface area (Å²) in [6, 6.07) is 38.9. The molecule has 0 radical (unpaired) electrons. The van der Waals surface area contributed by atoms with Crippen LogP contribution < -0.4 is 0 Å². The first-order valence-corrected chi connectivity index (χ1v) is 30.8. The van der Waals surface area contributed by atoms with E-state index in [1.165, 1.54) is 16.7 Å². The van der Waals surface area contributed by atoms with Crippen molar-refractivity contribution in [1.29, 1.82) is 0 Å². The normalized spacial score (nSPS) is 12.3. The van der Waals surface area contributed by atoms with Crippen molar-refractivity contribution >= 4 is 62.5 Å². The molecule has 71 heavy (non-hydrogen) atoms. The summed E-state index contributed by atoms with van der Waals surface area (Å²) < 4.78 is 0. The van der Waals surface area contributed by atoms with E-state index in [1.54, 1.807) is 0 Å². The molecule has 4 nitrogen and oxygen atoms in total. The summed E-state index contributed by atoms with van der Waals surface area (Å²) in [5.41, 5.74) is 31.1. The fourth-order valence-electron chi connectivity index (χ4n) is 11.0. The second-order valence-electron chi connectivity index (χ2n) is 21.3. The third-order valence-corrected chi connectivity index (χ3v) is 21.4. The van der Waals surface area contributed by atoms with Gasteiger partial charge in [0.15, 0.2) is 0 Å². The second-order valence-corrected chi connectivity index (χ2v) is 31.6. The number of benzene rings is 4. The number of aromatic nitrogens is 4. The molecule has 2 N–H and O–H groups in total. The molecule has 2 aliphatic heterocycles. The molecule has 0 atom stereocenters. The number of fused-ring (bicyclic) bond motifs is 8. The van der Waals surface area contributed by atoms with Crippen LogP contribution in [0.2, 0.25) is 36.3 Å². The summed E-state index contributed by atoms with van der Waals surface area (Å²) in [6.07, 6.45) is 14.5. The largest absolute Gasteiger partial charge is 0.354 e. The van der Waals surface area contributed by atoms with E-state index < -0.39 is 16.1 Å². The van der Waals surface area contributed by atoms with Crippen molar-refractivity contribution in [3.63, 3.8) is 0 Å². The summed E-state index contributed by atoms with van der Waals surface area (Å²) in [5, 5.41) is 0. The fraction of sp³-hybridized carbons (Fsp3) is 0.231. The summed E-state index contributed by atoms with van der Waals surface area (Å²) in [4.78, 5) is 19.0. The van der Waals surface area contributed by atoms with Crippen molar-refractivity contribution in [1.82, 2.24) is 19.9 Å². The smallest absolute Gasteiger partial charge is 0.146 e. The first-order chi connectivity index (χ1) is 33.9. The lowest BCUT2D eigenvalue weighted by Crippen LogP contribution is -2.43. The van der Waals surface area contributed by atoms with Crippen LogP contribution in [0, 0.1) is 56.0 Å². The van der Waals surface area contributed by atoms with Gasteiger partial charge in [-0.1, -0.05) is 133 Å². The number of aromatic amines is 2. The molecule has 0 saturated heterocycles. The monoisotopic (exact) mass is 956 g/mol. The minimum atomic E-state index is -1.93. The van der Waals surface area contributed by atoms with Gasteiger partial charge in [-0.3, -0.25) is 0 Å². The maximum atomic E-state index is 5.88. The Labute approximate surface area is 423 Å². The molecule has 0 aliphatic carbocycles. The highest BCUT2D eigenvalue weighted by molar-refractivity contribution is 6.90. The van der Waals surface area contributed by atoms with Crippen LogP contribution in [0.3, 0.4) is 0 Å². The van der Waals surface area contributed by atoms with Gasteiger partial charge in [0.05, 0.1) is 22.8 Å². The van der Waals surface area contributed by atoms with Crippen LogP contribution in [0.25, 0.3) is 90.9 Å². The SMILES string of the molecule is C#Cc1ccc(-c2c3ccc([nH]3)c(-c3ccc(C#C[Si](C)(C)C)cc3)c3nc(c(-c4c(C)cc(C)cc4C)c4nc(c(-c5ccc(C#C[Si](C(C)C)(C(C)C)C(C)C)cc5)c5ccc2[nH]5)C=C4)C=C3)cc1. The van der Waals surface area contributed by atoms with Crippen molar-refractivity contribution in [2.75, 3.05) is 0 Å². The molecule has 0 unspecified atom stereocenters. The first-order valence-electron chi connectivity index (χ1n) is 25.0. The molecule has 0 saturated carbocycles. The molecular weight excluding hydrogens is 893 g/mol. The number of aryl methyl sites for hydroxylation is 3. The van der Waals surface area contributed by atoms with E-state index in [0.29, 0.717) is 16.6 Å². The summed E-state index contributed by atoms with van der Waals surface area (Å²) in [5.74, 6) is 9.93. The van der Waals surface area contributed by atoms with Crippen LogP contribution in [-0.2, 0) is 0 Å². The average Bonchev–Trinajstić information content (AvgIpc) is 4.18. The average molecular weight is 957 g/mol. The minimum Gasteiger partial charge on any atom is -0.354 e. The van der Waals surface area contributed by atoms with E-state index in [0.717, 1.165) is 106 Å². The molecule has 8 bridgehead atoms. The Hall–Kier alpha value is -7.41. The molecular formula is C65H64N4Si2. The Morgan fingerprint density at radius 2 is 0.789 bits per heavy atom. The Balaban J connectivity index is 1.37. The summed E-state index contributed by atoms with van der Waals surface area (Å²) in [6.45, 7) is 27.6. The molecule has 352 valence electrons. The number of terminal acetylenes is 1. The Kier molecular flexibility index (Phi) is 13.3. The number of nitrogens with zero attached hydrogens (tertiary/aromatic N) is 2. The Morgan fingerprint density at radius 3 is 1.17 bits per heavy atom. The maximum Gasteiger partial charge on any atom is 0.146 e. The predicted molar refractivity (Wildman–Crippen MR) is 311 cm³/mol. The van der Waals surface area contributed by atoms with Gasteiger partial charge in [-0.2, -0.15) is 0 Å². The van der Waals surface area contributed by atoms with Crippen molar-refractivity contribution in [2.24, 2.45) is 0 Å². The van der Waals surface area contributed by atoms with Crippen molar-refractivity contribution < 1.29 is 0 Å². The van der Waals surface area contributed by atoms with Gasteiger partial charge in [0.1, 0.15) is 16.1 Å². The molecule has 5 heterocycles. The van der Waals surface area contributed by atoms with Crippen LogP contribution in [-0.4, -0.2) is 36.1 Å². The Morgan fingerprint density at radius 1 is 0.437 bits per heavy atom. The zero-order valence-corrected chi connectivity index (χ0v) is 45.4. The maximum absolute atomic E-state index is 5.88. The van der Waals surface area contributed by atoms with Crippen molar-refractivity contribution in [3.8, 4) is 79.8 Å². The quantitative estimate of drug-likeness (QED) is 0.124. The number of nitrogens with one attached hydrogen (secondary N) is 2. The van der Waals surface area contributed by atoms with Crippen LogP contribution in [0.15, 0.2) is 109 Å². The van der Waals surface area contributed by atoms with Crippen molar-refractivity contribution in [3.05, 3.63) is 165 Å². The lowest BCUT2D eigenvalue weighted by atomic mass is 9.92. The molecule has 3 aromatic heterocycles. The van der Waals surface area contributed by atoms with Crippen LogP contribution >= 0.6 is 0 Å². The molecule has 9 rings (SSSR count). The number of hydrogen-bond acceptors (Lipinski definition) is 2. The fourth-order valence-corrected chi connectivity index (χ4v) is 16.7. The van der Waals surface area contributed by atoms with Gasteiger partial charge in [-0.25, -0.2) is 9.97 Å². The van der Waals surface area contributed by atoms with Gasteiger partial charge >= 0.3 is 0 Å². The molecule has 0 fully saturated rings. The Bertz CT molecular complexity index is 3590. The van der Waals surface area contributed by atoms with Crippen molar-refractivity contribution in [2.45, 2.75) is 98.6 Å². The molecule has 7 aromatic rings. The third kappa shape index (κ3) is 9.62. The first kappa shape index (κ1) is 48.6. The third-order valence-electron chi connectivity index (χ3n) is 14.2. The predicted octanol–water partition coefficient (Wildman–Crippen LogP) is 17.0. The van der Waals surface area contributed by atoms with Gasteiger partial charge in [-0.05, 0) is 156 Å². The lowest BCUT2D eigenvalue weighted by Gasteiger charge is -2.38. The highest BCUT2D eigenvalue weighted by Gasteiger charge is 2.41. The number of H-pyrrole nitrogens is 2. The van der Waals surface area contributed by atoms with E-state index in [1.807, 2.05) is 12.1 Å². The van der Waals surface area contributed by atoms with Crippen LogP contribution in [0.4, 0.5) is 0 Å². The van der Waals surface area contributed by atoms with E-state index in [4.69, 9.17) is 16.4 Å². The molecule has 2 aliphatic rings. The molecule has 0 spiro atoms. The topological polar surface area (TPSA) is 57.4 Å². The summed E-state index contributed by atoms with van der Waals surface area (Å²) in [7, 11) is -3.49. The van der Waals surface area contributed by atoms with Crippen LogP contribution in [0.1, 0.15) is 97.7 Å². The minimum absolute atomic E-state index is 0.555. The van der Waals surface area contributed by atoms with E-state index in [2.05, 4.69) is 242 Å². The van der Waals surface area contributed by atoms with Gasteiger partial charge in [0, 0.05) is 61.0 Å². The number of hydrogen-bond donors (Lipinski definition) is 2. The standard InChI is InChI=1S/C65H64N4Si2/c1-14-47-15-21-50(22-16-47)62-53-27-29-55(66-53)63(51-23-17-48(18-24-51)35-37-70(11,12)13)57-31-33-59(68-57)65(61-45(9)39-44(8)40-46(61)10)60-34-32-58(69-60)64(56-30-28-54(62)67-56)52-25-19-49(20-26-52)36-38-71(41(2)3,42(4)5)43(6)7/h1,15-34,39-43,66-67H,2-13H3. The van der Waals surface area contributed by atoms with Gasteiger partial charge < -0.3 is 9.97 Å². The second kappa shape index (κ2) is 19.4. The highest BCUT2D eigenvalue weighted by atomic mass is 28.3.